The zero-order chi connectivity index (χ0) is 15.9. The smallest absolute Gasteiger partial charge is 0.269 e. The van der Waals surface area contributed by atoms with E-state index in [4.69, 9.17) is 18.0 Å². The van der Waals surface area contributed by atoms with Crippen LogP contribution in [0.2, 0.25) is 0 Å². The minimum Gasteiger partial charge on any atom is -0.376 e. The van der Waals surface area contributed by atoms with E-state index in [9.17, 15) is 9.18 Å². The van der Waals surface area contributed by atoms with Crippen molar-refractivity contribution in [1.82, 2.24) is 5.43 Å². The minimum absolute atomic E-state index is 0.140. The first-order valence-electron chi connectivity index (χ1n) is 7.41. The Balaban J connectivity index is 2.17. The molecule has 1 saturated carbocycles. The maximum atomic E-state index is 12.2. The molecule has 0 unspecified atom stereocenters. The summed E-state index contributed by atoms with van der Waals surface area (Å²) in [6.07, 6.45) is 6.14. The quantitative estimate of drug-likeness (QED) is 0.495. The fourth-order valence-electron chi connectivity index (χ4n) is 2.77. The molecule has 0 radical (unpaired) electrons. The molecule has 1 aliphatic carbocycles. The number of anilines is 2. The summed E-state index contributed by atoms with van der Waals surface area (Å²) in [4.78, 5) is 11.0. The summed E-state index contributed by atoms with van der Waals surface area (Å²) in [6.45, 7) is -1.08. The van der Waals surface area contributed by atoms with Gasteiger partial charge < -0.3 is 11.1 Å². The molecule has 0 aliphatic heterocycles. The maximum absolute atomic E-state index is 12.2. The number of halogens is 1. The van der Waals surface area contributed by atoms with Gasteiger partial charge in [-0.25, -0.2) is 4.39 Å². The molecule has 0 saturated heterocycles. The van der Waals surface area contributed by atoms with E-state index in [1.807, 2.05) is 18.2 Å². The van der Waals surface area contributed by atoms with Gasteiger partial charge >= 0.3 is 0 Å². The molecule has 1 fully saturated rings. The van der Waals surface area contributed by atoms with Crippen LogP contribution in [0.15, 0.2) is 18.2 Å². The zero-order valence-electron chi connectivity index (χ0n) is 12.3. The third-order valence-corrected chi connectivity index (χ3v) is 3.94. The van der Waals surface area contributed by atoms with E-state index < -0.39 is 12.6 Å². The predicted octanol–water partition coefficient (Wildman–Crippen LogP) is 2.80. The van der Waals surface area contributed by atoms with E-state index in [-0.39, 0.29) is 5.11 Å². The number of nitrogens with one attached hydrogen (secondary N) is 3. The molecule has 22 heavy (non-hydrogen) atoms. The molecule has 5 nitrogen and oxygen atoms in total. The standard InChI is InChI=1S/C15H21FN4OS/c16-9-14(21)20-19-12-7-6-11(8-13(12)18-15(17)22)10-4-2-1-3-5-10/h6-8,10,19H,1-5,9H2,(H,20,21)(H3,17,18,22). The Labute approximate surface area is 134 Å². The van der Waals surface area contributed by atoms with Gasteiger partial charge in [-0.3, -0.25) is 15.6 Å². The van der Waals surface area contributed by atoms with Crippen molar-refractivity contribution in [2.45, 2.75) is 38.0 Å². The Kier molecular flexibility index (Phi) is 5.94. The molecule has 0 heterocycles. The lowest BCUT2D eigenvalue weighted by Gasteiger charge is -2.23. The predicted molar refractivity (Wildman–Crippen MR) is 90.4 cm³/mol. The highest BCUT2D eigenvalue weighted by atomic mass is 32.1. The molecule has 1 aromatic carbocycles. The average molecular weight is 324 g/mol. The Bertz CT molecular complexity index is 546. The van der Waals surface area contributed by atoms with Crippen LogP contribution in [0.1, 0.15) is 43.6 Å². The van der Waals surface area contributed by atoms with Gasteiger partial charge in [0.15, 0.2) is 11.8 Å². The molecule has 7 heteroatoms. The minimum atomic E-state index is -1.08. The summed E-state index contributed by atoms with van der Waals surface area (Å²) in [5.41, 5.74) is 13.0. The average Bonchev–Trinajstić information content (AvgIpc) is 2.53. The van der Waals surface area contributed by atoms with Crippen molar-refractivity contribution in [3.8, 4) is 0 Å². The van der Waals surface area contributed by atoms with E-state index in [1.54, 1.807) is 0 Å². The molecule has 1 aromatic rings. The third kappa shape index (κ3) is 4.56. The molecular formula is C15H21FN4OS. The largest absolute Gasteiger partial charge is 0.376 e. The number of thiocarbonyl (C=S) groups is 1. The van der Waals surface area contributed by atoms with E-state index in [2.05, 4.69) is 16.2 Å². The number of rotatable bonds is 5. The number of amides is 1. The highest BCUT2D eigenvalue weighted by molar-refractivity contribution is 7.80. The van der Waals surface area contributed by atoms with Crippen LogP contribution in [0.3, 0.4) is 0 Å². The van der Waals surface area contributed by atoms with Gasteiger partial charge in [0.1, 0.15) is 0 Å². The lowest BCUT2D eigenvalue weighted by atomic mass is 9.84. The van der Waals surface area contributed by atoms with Crippen molar-refractivity contribution in [2.75, 3.05) is 17.4 Å². The topological polar surface area (TPSA) is 79.2 Å². The molecule has 120 valence electrons. The van der Waals surface area contributed by atoms with Gasteiger partial charge in [0.25, 0.3) is 5.91 Å². The molecule has 1 aliphatic rings. The second-order valence-corrected chi connectivity index (χ2v) is 5.88. The van der Waals surface area contributed by atoms with Gasteiger partial charge in [-0.1, -0.05) is 25.3 Å². The lowest BCUT2D eigenvalue weighted by Crippen LogP contribution is -2.31. The summed E-state index contributed by atoms with van der Waals surface area (Å²) >= 11 is 4.89. The summed E-state index contributed by atoms with van der Waals surface area (Å²) in [5.74, 6) is -0.201. The Morgan fingerprint density at radius 1 is 1.27 bits per heavy atom. The number of alkyl halides is 1. The number of hydrogen-bond donors (Lipinski definition) is 4. The monoisotopic (exact) mass is 324 g/mol. The summed E-state index contributed by atoms with van der Waals surface area (Å²) in [5, 5.41) is 3.04. The van der Waals surface area contributed by atoms with Gasteiger partial charge in [0, 0.05) is 0 Å². The Morgan fingerprint density at radius 3 is 2.64 bits per heavy atom. The van der Waals surface area contributed by atoms with Gasteiger partial charge in [-0.2, -0.15) is 0 Å². The van der Waals surface area contributed by atoms with Crippen LogP contribution in [-0.2, 0) is 4.79 Å². The number of benzene rings is 1. The lowest BCUT2D eigenvalue weighted by molar-refractivity contribution is -0.121. The second-order valence-electron chi connectivity index (χ2n) is 5.44. The molecule has 5 N–H and O–H groups in total. The van der Waals surface area contributed by atoms with Crippen molar-refractivity contribution in [1.29, 1.82) is 0 Å². The third-order valence-electron chi connectivity index (χ3n) is 3.84. The first-order valence-corrected chi connectivity index (χ1v) is 7.82. The van der Waals surface area contributed by atoms with Crippen molar-refractivity contribution >= 4 is 34.6 Å². The van der Waals surface area contributed by atoms with Gasteiger partial charge in [0.05, 0.1) is 11.4 Å². The van der Waals surface area contributed by atoms with Crippen LogP contribution in [0.25, 0.3) is 0 Å². The molecule has 0 atom stereocenters. The maximum Gasteiger partial charge on any atom is 0.269 e. The van der Waals surface area contributed by atoms with Crippen molar-refractivity contribution in [3.63, 3.8) is 0 Å². The van der Waals surface area contributed by atoms with Crippen LogP contribution >= 0.6 is 12.2 Å². The summed E-state index contributed by atoms with van der Waals surface area (Å²) in [6, 6.07) is 5.84. The Hall–Kier alpha value is -1.89. The van der Waals surface area contributed by atoms with Crippen molar-refractivity contribution in [3.05, 3.63) is 23.8 Å². The highest BCUT2D eigenvalue weighted by Gasteiger charge is 2.17. The van der Waals surface area contributed by atoms with E-state index in [0.717, 1.165) is 0 Å². The number of carbonyl (C=O) groups is 1. The molecular weight excluding hydrogens is 303 g/mol. The second kappa shape index (κ2) is 7.93. The fraction of sp³-hybridized carbons (Fsp3) is 0.467. The summed E-state index contributed by atoms with van der Waals surface area (Å²) in [7, 11) is 0. The van der Waals surface area contributed by atoms with E-state index in [1.165, 1.54) is 37.7 Å². The summed E-state index contributed by atoms with van der Waals surface area (Å²) < 4.78 is 12.2. The first kappa shape index (κ1) is 16.5. The van der Waals surface area contributed by atoms with Gasteiger partial charge in [-0.15, -0.1) is 0 Å². The van der Waals surface area contributed by atoms with Crippen molar-refractivity contribution < 1.29 is 9.18 Å². The number of nitrogens with two attached hydrogens (primary N) is 1. The molecule has 2 rings (SSSR count). The molecule has 0 aromatic heterocycles. The zero-order valence-corrected chi connectivity index (χ0v) is 13.1. The van der Waals surface area contributed by atoms with Gasteiger partial charge in [0.2, 0.25) is 0 Å². The van der Waals surface area contributed by atoms with Crippen LogP contribution in [-0.4, -0.2) is 17.7 Å². The number of carbonyl (C=O) groups excluding carboxylic acids is 1. The Morgan fingerprint density at radius 2 is 2.00 bits per heavy atom. The van der Waals surface area contributed by atoms with Crippen LogP contribution in [0, 0.1) is 0 Å². The van der Waals surface area contributed by atoms with E-state index in [0.29, 0.717) is 17.3 Å². The van der Waals surface area contributed by atoms with Crippen LogP contribution in [0.4, 0.5) is 15.8 Å². The van der Waals surface area contributed by atoms with Crippen LogP contribution in [0.5, 0.6) is 0 Å². The first-order chi connectivity index (χ1) is 10.6. The number of hydrazine groups is 1. The van der Waals surface area contributed by atoms with Gasteiger partial charge in [-0.05, 0) is 48.7 Å². The fourth-order valence-corrected chi connectivity index (χ4v) is 2.88. The van der Waals surface area contributed by atoms with E-state index >= 15 is 0 Å². The molecule has 0 spiro atoms. The molecule has 0 bridgehead atoms. The number of hydrogen-bond acceptors (Lipinski definition) is 3. The van der Waals surface area contributed by atoms with Crippen LogP contribution < -0.4 is 21.9 Å². The SMILES string of the molecule is NC(=S)Nc1cc(C2CCCCC2)ccc1NNC(=O)CF. The normalized spacial score (nSPS) is 15.1. The molecule has 1 amide bonds. The van der Waals surface area contributed by atoms with Crippen molar-refractivity contribution in [2.24, 2.45) is 5.73 Å². The highest BCUT2D eigenvalue weighted by Crippen LogP contribution is 2.35.